The Morgan fingerprint density at radius 3 is 2.35 bits per heavy atom. The van der Waals surface area contributed by atoms with E-state index < -0.39 is 0 Å². The normalized spacial score (nSPS) is 9.27. The molecule has 0 aliphatic carbocycles. The zero-order valence-electron chi connectivity index (χ0n) is 22.7. The van der Waals surface area contributed by atoms with Crippen LogP contribution in [0.1, 0.15) is 68.5 Å². The number of nitriles is 1. The molecule has 1 amide bonds. The smallest absolute Gasteiger partial charge is 0.207 e. The predicted molar refractivity (Wildman–Crippen MR) is 156 cm³/mol. The number of aromatic nitrogens is 4. The van der Waals surface area contributed by atoms with Crippen LogP contribution in [0.2, 0.25) is 0 Å². The van der Waals surface area contributed by atoms with Gasteiger partial charge in [0.25, 0.3) is 0 Å². The van der Waals surface area contributed by atoms with Crippen LogP contribution in [-0.2, 0) is 18.4 Å². The summed E-state index contributed by atoms with van der Waals surface area (Å²) in [5, 5.41) is 18.5. The number of anilines is 2. The molecule has 3 aromatic rings. The average Bonchev–Trinajstić information content (AvgIpc) is 3.31. The van der Waals surface area contributed by atoms with Gasteiger partial charge in [0.2, 0.25) is 6.41 Å². The van der Waals surface area contributed by atoms with E-state index in [0.717, 1.165) is 21.4 Å². The summed E-state index contributed by atoms with van der Waals surface area (Å²) in [6, 6.07) is 8.00. The van der Waals surface area contributed by atoms with Gasteiger partial charge in [-0.2, -0.15) is 10.4 Å². The highest BCUT2D eigenvalue weighted by Gasteiger charge is 2.06. The number of carbonyl (C=O) groups excluding carboxylic acids is 1. The zero-order valence-corrected chi connectivity index (χ0v) is 25.0. The molecule has 2 heterocycles. The number of nitrogens with one attached hydrogen (secondary N) is 2. The molecule has 8 nitrogen and oxygen atoms in total. The van der Waals surface area contributed by atoms with Crippen molar-refractivity contribution in [1.82, 2.24) is 25.1 Å². The van der Waals surface area contributed by atoms with Crippen molar-refractivity contribution >= 4 is 45.4 Å². The maximum absolute atomic E-state index is 10.1. The second-order valence-electron chi connectivity index (χ2n) is 7.98. The van der Waals surface area contributed by atoms with Crippen LogP contribution in [0.3, 0.4) is 0 Å². The van der Waals surface area contributed by atoms with Gasteiger partial charge >= 0.3 is 0 Å². The fourth-order valence-electron chi connectivity index (χ4n) is 2.93. The third-order valence-electron chi connectivity index (χ3n) is 4.86. The topological polar surface area (TPSA) is 109 Å². The Bertz CT molecular complexity index is 1080. The summed E-state index contributed by atoms with van der Waals surface area (Å²) in [7, 11) is 1.82. The fourth-order valence-corrected chi connectivity index (χ4v) is 3.34. The number of amides is 1. The Morgan fingerprint density at radius 2 is 1.81 bits per heavy atom. The summed E-state index contributed by atoms with van der Waals surface area (Å²) in [6.07, 6.45) is 14.2. The van der Waals surface area contributed by atoms with Crippen molar-refractivity contribution in [2.75, 3.05) is 11.7 Å². The maximum Gasteiger partial charge on any atom is 0.207 e. The first-order chi connectivity index (χ1) is 17.8. The van der Waals surface area contributed by atoms with Gasteiger partial charge in [0.05, 0.1) is 17.6 Å². The van der Waals surface area contributed by atoms with Gasteiger partial charge in [0.1, 0.15) is 6.07 Å². The minimum atomic E-state index is 0.273. The Hall–Kier alpha value is -2.96. The second kappa shape index (κ2) is 21.2. The number of hydrogen-bond donors (Lipinski definition) is 2. The van der Waals surface area contributed by atoms with Crippen LogP contribution in [0, 0.1) is 25.2 Å². The monoisotopic (exact) mass is 591 g/mol. The Morgan fingerprint density at radius 1 is 1.14 bits per heavy atom. The van der Waals surface area contributed by atoms with E-state index in [1.807, 2.05) is 45.2 Å². The van der Waals surface area contributed by atoms with E-state index in [-0.39, 0.29) is 5.69 Å². The number of nitrogens with zero attached hydrogens (tertiary/aromatic N) is 5. The summed E-state index contributed by atoms with van der Waals surface area (Å²) >= 11 is 8.01. The van der Waals surface area contributed by atoms with Crippen LogP contribution < -0.4 is 10.6 Å². The number of benzene rings is 1. The summed E-state index contributed by atoms with van der Waals surface area (Å²) in [4.78, 5) is 18.3. The van der Waals surface area contributed by atoms with Gasteiger partial charge in [0.15, 0.2) is 11.5 Å². The third kappa shape index (κ3) is 15.0. The predicted octanol–water partition coefficient (Wildman–Crippen LogP) is 6.97. The number of unbranched alkanes of at least 4 members (excludes halogenated alkanes) is 4. The molecule has 0 spiro atoms. The van der Waals surface area contributed by atoms with E-state index in [2.05, 4.69) is 67.1 Å². The first-order valence-corrected chi connectivity index (χ1v) is 13.7. The molecule has 2 N–H and O–H groups in total. The summed E-state index contributed by atoms with van der Waals surface area (Å²) in [5.41, 5.74) is 4.13. The number of carbonyl (C=O) groups is 1. The number of hydrogen-bond acceptors (Lipinski definition) is 6. The van der Waals surface area contributed by atoms with Gasteiger partial charge in [-0.3, -0.25) is 9.48 Å². The van der Waals surface area contributed by atoms with Gasteiger partial charge < -0.3 is 10.6 Å². The molecule has 0 aliphatic heterocycles. The van der Waals surface area contributed by atoms with Crippen LogP contribution >= 0.6 is 27.5 Å². The van der Waals surface area contributed by atoms with Crippen molar-refractivity contribution in [3.63, 3.8) is 0 Å². The Balaban J connectivity index is 0.000000547. The van der Waals surface area contributed by atoms with E-state index in [9.17, 15) is 4.79 Å². The Labute approximate surface area is 235 Å². The lowest BCUT2D eigenvalue weighted by Gasteiger charge is -2.04. The molecular weight excluding hydrogens is 554 g/mol. The SMILES string of the molecule is CCCCCCC.CCl.Cc1ccc(Br)cc1CNC=O.Cc1cnc(C#N)c(Nc2cnn(C)c2)n1. The van der Waals surface area contributed by atoms with Gasteiger partial charge in [-0.15, -0.1) is 11.6 Å². The van der Waals surface area contributed by atoms with Crippen LogP contribution in [0.25, 0.3) is 0 Å². The molecule has 2 aromatic heterocycles. The van der Waals surface area contributed by atoms with E-state index in [4.69, 9.17) is 5.26 Å². The van der Waals surface area contributed by atoms with Crippen molar-refractivity contribution in [2.45, 2.75) is 66.3 Å². The molecule has 0 saturated heterocycles. The number of rotatable bonds is 9. The molecule has 3 rings (SSSR count). The molecule has 0 fully saturated rings. The standard InChI is InChI=1S/C10H10N6.C9H10BrNO.C7H16.CH3Cl/c1-7-4-12-9(3-11)10(14-7)15-8-5-13-16(2)6-8;1-7-2-3-9(10)4-8(7)5-11-6-12;1-3-5-7-6-4-2;1-2/h4-6H,1-2H3,(H,14,15);2-4,6H,5H2,1H3,(H,11,12);3-7H2,1-2H3;1H3. The lowest BCUT2D eigenvalue weighted by Crippen LogP contribution is -2.10. The molecule has 0 radical (unpaired) electrons. The van der Waals surface area contributed by atoms with Crippen molar-refractivity contribution in [3.8, 4) is 6.07 Å². The number of halogens is 2. The molecule has 1 aromatic carbocycles. The van der Waals surface area contributed by atoms with Gasteiger partial charge in [0, 0.05) is 36.8 Å². The van der Waals surface area contributed by atoms with E-state index in [0.29, 0.717) is 18.8 Å². The van der Waals surface area contributed by atoms with Crippen LogP contribution in [0.4, 0.5) is 11.5 Å². The highest BCUT2D eigenvalue weighted by molar-refractivity contribution is 9.10. The van der Waals surface area contributed by atoms with Crippen molar-refractivity contribution in [2.24, 2.45) is 7.05 Å². The van der Waals surface area contributed by atoms with Crippen molar-refractivity contribution < 1.29 is 4.79 Å². The minimum absolute atomic E-state index is 0.273. The minimum Gasteiger partial charge on any atom is -0.355 e. The molecule has 0 bridgehead atoms. The fraction of sp³-hybridized carbons (Fsp3) is 0.444. The van der Waals surface area contributed by atoms with E-state index in [1.54, 1.807) is 23.3 Å². The zero-order chi connectivity index (χ0) is 28.1. The molecule has 0 aliphatic rings. The first kappa shape index (κ1) is 34.0. The molecule has 0 atom stereocenters. The molecular formula is C27H39BrClN7O. The second-order valence-corrected chi connectivity index (χ2v) is 8.89. The van der Waals surface area contributed by atoms with E-state index in [1.165, 1.54) is 44.1 Å². The molecule has 0 saturated carbocycles. The Kier molecular flexibility index (Phi) is 19.5. The van der Waals surface area contributed by atoms with E-state index >= 15 is 0 Å². The molecule has 202 valence electrons. The lowest BCUT2D eigenvalue weighted by atomic mass is 10.1. The molecule has 37 heavy (non-hydrogen) atoms. The number of alkyl halides is 1. The van der Waals surface area contributed by atoms with Crippen LogP contribution in [-0.4, -0.2) is 32.5 Å². The first-order valence-electron chi connectivity index (χ1n) is 12.1. The largest absolute Gasteiger partial charge is 0.355 e. The summed E-state index contributed by atoms with van der Waals surface area (Å²) < 4.78 is 2.70. The van der Waals surface area contributed by atoms with Crippen molar-refractivity contribution in [3.05, 3.63) is 63.8 Å². The van der Waals surface area contributed by atoms with Gasteiger partial charge in [-0.1, -0.05) is 67.9 Å². The highest BCUT2D eigenvalue weighted by atomic mass is 79.9. The molecule has 10 heteroatoms. The molecule has 0 unspecified atom stereocenters. The van der Waals surface area contributed by atoms with Crippen LogP contribution in [0.5, 0.6) is 0 Å². The quantitative estimate of drug-likeness (QED) is 0.158. The lowest BCUT2D eigenvalue weighted by molar-refractivity contribution is -0.109. The highest BCUT2D eigenvalue weighted by Crippen LogP contribution is 2.16. The van der Waals surface area contributed by atoms with Gasteiger partial charge in [-0.05, 0) is 37.1 Å². The summed E-state index contributed by atoms with van der Waals surface area (Å²) in [5.74, 6) is 0.454. The third-order valence-corrected chi connectivity index (χ3v) is 5.35. The number of aryl methyl sites for hydroxylation is 3. The maximum atomic E-state index is 10.1. The average molecular weight is 593 g/mol. The van der Waals surface area contributed by atoms with Crippen LogP contribution in [0.15, 0.2) is 41.3 Å². The summed E-state index contributed by atoms with van der Waals surface area (Å²) in [6.45, 7) is 8.93. The van der Waals surface area contributed by atoms with Crippen molar-refractivity contribution in [1.29, 1.82) is 5.26 Å². The van der Waals surface area contributed by atoms with Gasteiger partial charge in [-0.25, -0.2) is 9.97 Å².